The van der Waals surface area contributed by atoms with E-state index >= 15 is 0 Å². The first-order valence-corrected chi connectivity index (χ1v) is 11.3. The minimum absolute atomic E-state index is 0.0158. The number of carbonyl (C=O) groups excluding carboxylic acids is 2. The third-order valence-corrected chi connectivity index (χ3v) is 6.23. The number of amides is 3. The molecule has 2 aliphatic heterocycles. The van der Waals surface area contributed by atoms with E-state index in [1.807, 2.05) is 6.92 Å². The molecule has 190 valence electrons. The first kappa shape index (κ1) is 25.8. The van der Waals surface area contributed by atoms with Crippen molar-refractivity contribution in [2.75, 3.05) is 19.6 Å². The predicted molar refractivity (Wildman–Crippen MR) is 113 cm³/mol. The number of aromatic nitrogens is 3. The fourth-order valence-electron chi connectivity index (χ4n) is 4.67. The maximum absolute atomic E-state index is 13.2. The summed E-state index contributed by atoms with van der Waals surface area (Å²) in [5, 5.41) is 16.7. The van der Waals surface area contributed by atoms with Crippen LogP contribution < -0.4 is 0 Å². The maximum atomic E-state index is 13.2. The third-order valence-electron chi connectivity index (χ3n) is 6.23. The minimum Gasteiger partial charge on any atom is -0.465 e. The van der Waals surface area contributed by atoms with Gasteiger partial charge in [0.2, 0.25) is 17.6 Å². The lowest BCUT2D eigenvalue weighted by Gasteiger charge is -2.43. The highest BCUT2D eigenvalue weighted by Crippen LogP contribution is 2.30. The van der Waals surface area contributed by atoms with Gasteiger partial charge in [0.15, 0.2) is 5.82 Å². The smallest absolute Gasteiger partial charge is 0.451 e. The number of nitrogens with zero attached hydrogens (tertiary/aromatic N) is 6. The molecule has 2 atom stereocenters. The molecule has 0 saturated carbocycles. The zero-order chi connectivity index (χ0) is 25.4. The zero-order valence-corrected chi connectivity index (χ0v) is 19.8. The first-order valence-electron chi connectivity index (χ1n) is 11.3. The van der Waals surface area contributed by atoms with Crippen molar-refractivity contribution in [3.05, 3.63) is 11.6 Å². The number of hydrogen-bond donors (Lipinski definition) is 1. The summed E-state index contributed by atoms with van der Waals surface area (Å²) in [7, 11) is 0. The second-order valence-electron chi connectivity index (χ2n) is 10.0. The normalized spacial score (nSPS) is 20.2. The van der Waals surface area contributed by atoms with Crippen molar-refractivity contribution in [2.24, 2.45) is 5.92 Å². The van der Waals surface area contributed by atoms with Crippen molar-refractivity contribution in [3.63, 3.8) is 0 Å². The highest BCUT2D eigenvalue weighted by Gasteiger charge is 2.41. The van der Waals surface area contributed by atoms with Crippen LogP contribution >= 0.6 is 0 Å². The van der Waals surface area contributed by atoms with Crippen molar-refractivity contribution < 1.29 is 32.7 Å². The van der Waals surface area contributed by atoms with Crippen molar-refractivity contribution in [2.45, 2.75) is 77.8 Å². The zero-order valence-electron chi connectivity index (χ0n) is 19.8. The van der Waals surface area contributed by atoms with Crippen LogP contribution in [0, 0.1) is 5.92 Å². The average molecular weight is 489 g/mol. The van der Waals surface area contributed by atoms with E-state index in [2.05, 4.69) is 10.2 Å². The van der Waals surface area contributed by atoms with Crippen LogP contribution in [-0.4, -0.2) is 83.7 Å². The molecule has 0 unspecified atom stereocenters. The summed E-state index contributed by atoms with van der Waals surface area (Å²) >= 11 is 0. The molecule has 0 radical (unpaired) electrons. The summed E-state index contributed by atoms with van der Waals surface area (Å²) in [5.74, 6) is -1.32. The van der Waals surface area contributed by atoms with Crippen molar-refractivity contribution in [1.29, 1.82) is 0 Å². The predicted octanol–water partition coefficient (Wildman–Crippen LogP) is 2.43. The SMILES string of the molecule is C[C@H]1CCC(=O)N(C[C@H](CC(=O)N2CCn3c(nnc3C(F)(F)F)C2)N(C(=O)O)C(C)(C)C)C1. The van der Waals surface area contributed by atoms with Crippen molar-refractivity contribution >= 4 is 17.9 Å². The topological polar surface area (TPSA) is 112 Å². The van der Waals surface area contributed by atoms with Gasteiger partial charge in [-0.2, -0.15) is 13.2 Å². The number of carboxylic acid groups (broad SMARTS) is 1. The van der Waals surface area contributed by atoms with Gasteiger partial charge in [-0.15, -0.1) is 10.2 Å². The summed E-state index contributed by atoms with van der Waals surface area (Å²) in [6.45, 7) is 7.44. The Hall–Kier alpha value is -2.86. The number of alkyl halides is 3. The highest BCUT2D eigenvalue weighted by molar-refractivity contribution is 5.79. The van der Waals surface area contributed by atoms with Gasteiger partial charge in [0.1, 0.15) is 0 Å². The molecule has 1 fully saturated rings. The largest absolute Gasteiger partial charge is 0.465 e. The van der Waals surface area contributed by atoms with Gasteiger partial charge in [-0.25, -0.2) is 4.79 Å². The molecule has 3 rings (SSSR count). The maximum Gasteiger partial charge on any atom is 0.451 e. The summed E-state index contributed by atoms with van der Waals surface area (Å²) in [4.78, 5) is 42.0. The number of likely N-dealkylation sites (tertiary alicyclic amines) is 1. The molecular weight excluding hydrogens is 457 g/mol. The molecule has 1 aromatic rings. The molecular formula is C21H31F3N6O4. The number of carbonyl (C=O) groups is 3. The molecule has 10 nitrogen and oxygen atoms in total. The third kappa shape index (κ3) is 5.61. The Morgan fingerprint density at radius 1 is 1.21 bits per heavy atom. The molecule has 1 aromatic heterocycles. The van der Waals surface area contributed by atoms with E-state index in [9.17, 15) is 32.7 Å². The number of rotatable bonds is 5. The molecule has 0 bridgehead atoms. The van der Waals surface area contributed by atoms with E-state index in [0.29, 0.717) is 13.0 Å². The number of fused-ring (bicyclic) bond motifs is 1. The fraction of sp³-hybridized carbons (Fsp3) is 0.762. The Morgan fingerprint density at radius 3 is 2.47 bits per heavy atom. The van der Waals surface area contributed by atoms with Crippen LogP contribution in [0.2, 0.25) is 0 Å². The molecule has 3 amide bonds. The monoisotopic (exact) mass is 488 g/mol. The van der Waals surface area contributed by atoms with Crippen molar-refractivity contribution in [1.82, 2.24) is 29.5 Å². The van der Waals surface area contributed by atoms with Gasteiger partial charge in [0, 0.05) is 44.6 Å². The standard InChI is InChI=1S/C21H31F3N6O4/c1-13-5-6-16(31)28(10-13)11-14(30(19(33)34)20(2,3)4)9-17(32)27-7-8-29-15(12-27)25-26-18(29)21(22,23)24/h13-14H,5-12H2,1-4H3,(H,33,34)/t13-,14-/m0/s1. The lowest BCUT2D eigenvalue weighted by Crippen LogP contribution is -2.57. The quantitative estimate of drug-likeness (QED) is 0.682. The molecule has 1 saturated heterocycles. The van der Waals surface area contributed by atoms with Crippen molar-refractivity contribution in [3.8, 4) is 0 Å². The molecule has 34 heavy (non-hydrogen) atoms. The molecule has 0 aromatic carbocycles. The van der Waals surface area contributed by atoms with E-state index < -0.39 is 35.6 Å². The highest BCUT2D eigenvalue weighted by atomic mass is 19.4. The number of piperidine rings is 1. The minimum atomic E-state index is -4.64. The van der Waals surface area contributed by atoms with Gasteiger partial charge in [-0.3, -0.25) is 14.5 Å². The van der Waals surface area contributed by atoms with Gasteiger partial charge in [0.05, 0.1) is 12.6 Å². The second-order valence-corrected chi connectivity index (χ2v) is 10.0. The summed E-state index contributed by atoms with van der Waals surface area (Å²) < 4.78 is 40.2. The van der Waals surface area contributed by atoms with E-state index in [1.165, 1.54) is 9.80 Å². The van der Waals surface area contributed by atoms with E-state index in [1.54, 1.807) is 25.7 Å². The molecule has 2 aliphatic rings. The summed E-state index contributed by atoms with van der Waals surface area (Å²) in [5.41, 5.74) is -0.842. The van der Waals surface area contributed by atoms with E-state index in [0.717, 1.165) is 11.0 Å². The summed E-state index contributed by atoms with van der Waals surface area (Å²) in [6, 6.07) is -0.815. The first-order chi connectivity index (χ1) is 15.7. The van der Waals surface area contributed by atoms with Crippen LogP contribution in [0.25, 0.3) is 0 Å². The molecule has 13 heteroatoms. The van der Waals surface area contributed by atoms with E-state index in [4.69, 9.17) is 0 Å². The van der Waals surface area contributed by atoms with Crippen LogP contribution in [0.15, 0.2) is 0 Å². The lowest BCUT2D eigenvalue weighted by molar-refractivity contribution is -0.148. The van der Waals surface area contributed by atoms with Crippen LogP contribution in [0.5, 0.6) is 0 Å². The van der Waals surface area contributed by atoms with Gasteiger partial charge >= 0.3 is 12.3 Å². The van der Waals surface area contributed by atoms with Crippen LogP contribution in [0.1, 0.15) is 58.6 Å². The molecule has 1 N–H and O–H groups in total. The summed E-state index contributed by atoms with van der Waals surface area (Å²) in [6.07, 6.45) is -4.93. The fourth-order valence-corrected chi connectivity index (χ4v) is 4.67. The average Bonchev–Trinajstić information content (AvgIpc) is 3.13. The van der Waals surface area contributed by atoms with Crippen LogP contribution in [-0.2, 0) is 28.9 Å². The Labute approximate surface area is 195 Å². The Balaban J connectivity index is 1.80. The Morgan fingerprint density at radius 2 is 1.88 bits per heavy atom. The number of halogens is 3. The number of hydrogen-bond acceptors (Lipinski definition) is 5. The van der Waals surface area contributed by atoms with Crippen LogP contribution in [0.3, 0.4) is 0 Å². The van der Waals surface area contributed by atoms with Gasteiger partial charge < -0.3 is 19.5 Å². The van der Waals surface area contributed by atoms with Crippen LogP contribution in [0.4, 0.5) is 18.0 Å². The molecule has 0 spiro atoms. The Bertz CT molecular complexity index is 942. The van der Waals surface area contributed by atoms with E-state index in [-0.39, 0.29) is 50.2 Å². The lowest BCUT2D eigenvalue weighted by atomic mass is 9.96. The molecule has 0 aliphatic carbocycles. The van der Waals surface area contributed by atoms with Gasteiger partial charge in [-0.05, 0) is 33.1 Å². The van der Waals surface area contributed by atoms with Gasteiger partial charge in [0.25, 0.3) is 0 Å². The molecule has 3 heterocycles. The van der Waals surface area contributed by atoms with Gasteiger partial charge in [-0.1, -0.05) is 6.92 Å². The Kier molecular flexibility index (Phi) is 7.13. The second kappa shape index (κ2) is 9.41.